The number of hydrogen-bond donors (Lipinski definition) is 0. The minimum absolute atomic E-state index is 0.0129. The lowest BCUT2D eigenvalue weighted by Gasteiger charge is -2.27. The standard InChI is InChI=1S/C20H19N3O3/c1-23(12-18-21-22-19(26-18)14-7-3-2-4-8-14)20(24)16-11-15-9-5-6-10-17(15)25-13-16/h2-10,16H,11-13H2,1H3. The van der Waals surface area contributed by atoms with Crippen molar-refractivity contribution in [2.24, 2.45) is 5.92 Å². The Kier molecular flexibility index (Phi) is 4.39. The molecule has 0 fully saturated rings. The molecule has 26 heavy (non-hydrogen) atoms. The largest absolute Gasteiger partial charge is 0.492 e. The van der Waals surface area contributed by atoms with Crippen LogP contribution in [0.4, 0.5) is 0 Å². The van der Waals surface area contributed by atoms with Gasteiger partial charge in [0.2, 0.25) is 17.7 Å². The second-order valence-corrected chi connectivity index (χ2v) is 6.38. The summed E-state index contributed by atoms with van der Waals surface area (Å²) in [5.41, 5.74) is 1.92. The number of ether oxygens (including phenoxy) is 1. The first-order valence-electron chi connectivity index (χ1n) is 8.54. The van der Waals surface area contributed by atoms with Gasteiger partial charge >= 0.3 is 0 Å². The number of aromatic nitrogens is 2. The van der Waals surface area contributed by atoms with Gasteiger partial charge in [-0.2, -0.15) is 0 Å². The molecule has 2 heterocycles. The van der Waals surface area contributed by atoms with Crippen molar-refractivity contribution in [3.8, 4) is 17.2 Å². The predicted octanol–water partition coefficient (Wildman–Crippen LogP) is 2.95. The molecule has 1 atom stereocenters. The van der Waals surface area contributed by atoms with E-state index in [-0.39, 0.29) is 18.4 Å². The smallest absolute Gasteiger partial charge is 0.247 e. The molecule has 0 saturated carbocycles. The van der Waals surface area contributed by atoms with Gasteiger partial charge in [-0.05, 0) is 30.2 Å². The summed E-state index contributed by atoms with van der Waals surface area (Å²) >= 11 is 0. The highest BCUT2D eigenvalue weighted by molar-refractivity contribution is 5.79. The first-order chi connectivity index (χ1) is 12.7. The summed E-state index contributed by atoms with van der Waals surface area (Å²) in [6.45, 7) is 0.663. The summed E-state index contributed by atoms with van der Waals surface area (Å²) in [7, 11) is 1.75. The molecule has 6 nitrogen and oxygen atoms in total. The zero-order chi connectivity index (χ0) is 17.9. The highest BCUT2D eigenvalue weighted by Crippen LogP contribution is 2.28. The summed E-state index contributed by atoms with van der Waals surface area (Å²) in [5.74, 6) is 1.54. The van der Waals surface area contributed by atoms with Crippen LogP contribution in [0.1, 0.15) is 11.5 Å². The maximum absolute atomic E-state index is 12.7. The van der Waals surface area contributed by atoms with Crippen molar-refractivity contribution < 1.29 is 13.9 Å². The molecule has 1 aliphatic rings. The van der Waals surface area contributed by atoms with Crippen molar-refractivity contribution in [3.05, 3.63) is 66.1 Å². The van der Waals surface area contributed by atoms with Crippen LogP contribution in [0.25, 0.3) is 11.5 Å². The van der Waals surface area contributed by atoms with E-state index in [1.54, 1.807) is 11.9 Å². The van der Waals surface area contributed by atoms with E-state index in [4.69, 9.17) is 9.15 Å². The molecule has 2 aromatic carbocycles. The first-order valence-corrected chi connectivity index (χ1v) is 8.54. The number of nitrogens with zero attached hydrogens (tertiary/aromatic N) is 3. The first kappa shape index (κ1) is 16.3. The average Bonchev–Trinajstić information content (AvgIpc) is 3.16. The number of hydrogen-bond acceptors (Lipinski definition) is 5. The van der Waals surface area contributed by atoms with Gasteiger partial charge in [0.05, 0.1) is 12.5 Å². The summed E-state index contributed by atoms with van der Waals surface area (Å²) in [5, 5.41) is 8.12. The third kappa shape index (κ3) is 3.31. The molecular formula is C20H19N3O3. The van der Waals surface area contributed by atoms with Gasteiger partial charge in [0.1, 0.15) is 12.4 Å². The van der Waals surface area contributed by atoms with Crippen LogP contribution < -0.4 is 4.74 Å². The lowest BCUT2D eigenvalue weighted by atomic mass is 9.95. The van der Waals surface area contributed by atoms with E-state index in [0.717, 1.165) is 16.9 Å². The third-order valence-corrected chi connectivity index (χ3v) is 4.46. The van der Waals surface area contributed by atoms with Crippen LogP contribution in [-0.4, -0.2) is 34.7 Å². The van der Waals surface area contributed by atoms with Crippen LogP contribution >= 0.6 is 0 Å². The molecule has 1 aliphatic heterocycles. The average molecular weight is 349 g/mol. The monoisotopic (exact) mass is 349 g/mol. The van der Waals surface area contributed by atoms with E-state index in [1.165, 1.54) is 0 Å². The molecule has 3 aromatic rings. The number of carbonyl (C=O) groups excluding carboxylic acids is 1. The van der Waals surface area contributed by atoms with E-state index in [2.05, 4.69) is 10.2 Å². The number of amides is 1. The van der Waals surface area contributed by atoms with Gasteiger partial charge in [-0.1, -0.05) is 36.4 Å². The summed E-state index contributed by atoms with van der Waals surface area (Å²) < 4.78 is 11.4. The summed E-state index contributed by atoms with van der Waals surface area (Å²) in [6, 6.07) is 17.4. The van der Waals surface area contributed by atoms with E-state index in [1.807, 2.05) is 54.6 Å². The molecule has 132 valence electrons. The lowest BCUT2D eigenvalue weighted by molar-refractivity contribution is -0.136. The zero-order valence-electron chi connectivity index (χ0n) is 14.5. The van der Waals surface area contributed by atoms with Crippen molar-refractivity contribution in [1.29, 1.82) is 0 Å². The Morgan fingerprint density at radius 3 is 2.73 bits per heavy atom. The Labute approximate surface area is 151 Å². The fourth-order valence-electron chi connectivity index (χ4n) is 3.09. The Morgan fingerprint density at radius 2 is 1.88 bits per heavy atom. The maximum Gasteiger partial charge on any atom is 0.247 e. The van der Waals surface area contributed by atoms with Crippen LogP contribution in [-0.2, 0) is 17.8 Å². The molecule has 0 radical (unpaired) electrons. The van der Waals surface area contributed by atoms with E-state index >= 15 is 0 Å². The van der Waals surface area contributed by atoms with Gasteiger partial charge in [0.15, 0.2) is 0 Å². The van der Waals surface area contributed by atoms with Gasteiger partial charge in [0, 0.05) is 12.6 Å². The molecule has 4 rings (SSSR count). The van der Waals surface area contributed by atoms with Gasteiger partial charge in [-0.25, -0.2) is 0 Å². The quantitative estimate of drug-likeness (QED) is 0.724. The second kappa shape index (κ2) is 7.00. The van der Waals surface area contributed by atoms with Gasteiger partial charge in [-0.15, -0.1) is 10.2 Å². The molecule has 0 N–H and O–H groups in total. The molecule has 1 unspecified atom stereocenters. The Bertz CT molecular complexity index is 907. The number of fused-ring (bicyclic) bond motifs is 1. The Balaban J connectivity index is 1.42. The summed E-state index contributed by atoms with van der Waals surface area (Å²) in [6.07, 6.45) is 0.679. The van der Waals surface area contributed by atoms with Crippen molar-refractivity contribution in [1.82, 2.24) is 15.1 Å². The van der Waals surface area contributed by atoms with Crippen LogP contribution in [0, 0.1) is 5.92 Å². The van der Waals surface area contributed by atoms with Crippen molar-refractivity contribution in [2.75, 3.05) is 13.7 Å². The Morgan fingerprint density at radius 1 is 1.12 bits per heavy atom. The van der Waals surface area contributed by atoms with Crippen LogP contribution in [0.3, 0.4) is 0 Å². The van der Waals surface area contributed by atoms with Crippen LogP contribution in [0.5, 0.6) is 5.75 Å². The molecule has 1 amide bonds. The van der Waals surface area contributed by atoms with Gasteiger partial charge < -0.3 is 14.1 Å². The third-order valence-electron chi connectivity index (χ3n) is 4.46. The van der Waals surface area contributed by atoms with Crippen LogP contribution in [0.2, 0.25) is 0 Å². The zero-order valence-corrected chi connectivity index (χ0v) is 14.5. The minimum atomic E-state index is -0.202. The molecule has 0 spiro atoms. The lowest BCUT2D eigenvalue weighted by Crippen LogP contribution is -2.38. The highest BCUT2D eigenvalue weighted by atomic mass is 16.5. The molecular weight excluding hydrogens is 330 g/mol. The van der Waals surface area contributed by atoms with Crippen molar-refractivity contribution >= 4 is 5.91 Å². The molecule has 0 bridgehead atoms. The molecule has 0 saturated heterocycles. The summed E-state index contributed by atoms with van der Waals surface area (Å²) in [4.78, 5) is 14.4. The fourth-order valence-corrected chi connectivity index (χ4v) is 3.09. The second-order valence-electron chi connectivity index (χ2n) is 6.38. The highest BCUT2D eigenvalue weighted by Gasteiger charge is 2.28. The number of benzene rings is 2. The Hall–Kier alpha value is -3.15. The van der Waals surface area contributed by atoms with E-state index in [0.29, 0.717) is 24.8 Å². The number of carbonyl (C=O) groups is 1. The fraction of sp³-hybridized carbons (Fsp3) is 0.250. The topological polar surface area (TPSA) is 68.5 Å². The normalized spacial score (nSPS) is 15.8. The SMILES string of the molecule is CN(Cc1nnc(-c2ccccc2)o1)C(=O)C1COc2ccccc2C1. The van der Waals surface area contributed by atoms with Crippen LogP contribution in [0.15, 0.2) is 59.0 Å². The molecule has 0 aliphatic carbocycles. The van der Waals surface area contributed by atoms with Gasteiger partial charge in [0.25, 0.3) is 0 Å². The van der Waals surface area contributed by atoms with E-state index < -0.39 is 0 Å². The van der Waals surface area contributed by atoms with Crippen molar-refractivity contribution in [3.63, 3.8) is 0 Å². The van der Waals surface area contributed by atoms with Crippen molar-refractivity contribution in [2.45, 2.75) is 13.0 Å². The number of para-hydroxylation sites is 1. The predicted molar refractivity (Wildman–Crippen MR) is 95.3 cm³/mol. The van der Waals surface area contributed by atoms with E-state index in [9.17, 15) is 4.79 Å². The maximum atomic E-state index is 12.7. The van der Waals surface area contributed by atoms with Gasteiger partial charge in [-0.3, -0.25) is 4.79 Å². The molecule has 6 heteroatoms. The minimum Gasteiger partial charge on any atom is -0.492 e. The number of rotatable bonds is 4. The molecule has 1 aromatic heterocycles.